The number of hydrogen-bond donors (Lipinski definition) is 1. The molecule has 1 aromatic carbocycles. The third kappa shape index (κ3) is 1.88. The Morgan fingerprint density at radius 2 is 1.81 bits per heavy atom. The lowest BCUT2D eigenvalue weighted by atomic mass is 10.2. The van der Waals surface area contributed by atoms with Crippen LogP contribution in [0.15, 0.2) is 48.8 Å². The predicted molar refractivity (Wildman–Crippen MR) is 80.5 cm³/mol. The summed E-state index contributed by atoms with van der Waals surface area (Å²) in [6.45, 7) is 1.92. The maximum Gasteiger partial charge on any atom is 0.257 e. The first-order valence-electron chi connectivity index (χ1n) is 6.60. The first-order valence-corrected chi connectivity index (χ1v) is 6.60. The lowest BCUT2D eigenvalue weighted by Crippen LogP contribution is -2.00. The summed E-state index contributed by atoms with van der Waals surface area (Å²) < 4.78 is 1.95. The van der Waals surface area contributed by atoms with E-state index in [4.69, 9.17) is 0 Å². The molecule has 0 aliphatic rings. The number of benzene rings is 1. The molecule has 0 bridgehead atoms. The number of para-hydroxylation sites is 1. The van der Waals surface area contributed by atoms with Crippen LogP contribution >= 0.6 is 0 Å². The van der Waals surface area contributed by atoms with Crippen LogP contribution in [0.1, 0.15) is 5.82 Å². The molecule has 3 heterocycles. The van der Waals surface area contributed by atoms with Gasteiger partial charge in [0, 0.05) is 23.5 Å². The molecule has 0 amide bonds. The number of nitrogens with zero attached hydrogens (tertiary/aromatic N) is 5. The zero-order valence-electron chi connectivity index (χ0n) is 11.4. The number of pyridine rings is 1. The van der Waals surface area contributed by atoms with Crippen molar-refractivity contribution in [3.63, 3.8) is 0 Å². The normalized spacial score (nSPS) is 11.1. The predicted octanol–water partition coefficient (Wildman–Crippen LogP) is 2.72. The highest BCUT2D eigenvalue weighted by molar-refractivity contribution is 5.92. The summed E-state index contributed by atoms with van der Waals surface area (Å²) in [6.07, 6.45) is 3.48. The van der Waals surface area contributed by atoms with Crippen molar-refractivity contribution in [1.82, 2.24) is 24.6 Å². The molecule has 0 unspecified atom stereocenters. The molecule has 21 heavy (non-hydrogen) atoms. The van der Waals surface area contributed by atoms with Crippen molar-refractivity contribution in [3.05, 3.63) is 54.6 Å². The van der Waals surface area contributed by atoms with E-state index >= 15 is 0 Å². The van der Waals surface area contributed by atoms with Crippen LogP contribution in [0.2, 0.25) is 0 Å². The fourth-order valence-corrected chi connectivity index (χ4v) is 2.40. The highest BCUT2D eigenvalue weighted by Crippen LogP contribution is 2.25. The quantitative estimate of drug-likeness (QED) is 0.609. The smallest absolute Gasteiger partial charge is 0.257 e. The Morgan fingerprint density at radius 3 is 2.67 bits per heavy atom. The van der Waals surface area contributed by atoms with Gasteiger partial charge >= 0.3 is 0 Å². The second-order valence-electron chi connectivity index (χ2n) is 4.72. The lowest BCUT2D eigenvalue weighted by molar-refractivity contribution is 1.02. The summed E-state index contributed by atoms with van der Waals surface area (Å²) in [5, 5.41) is 12.6. The summed E-state index contributed by atoms with van der Waals surface area (Å²) in [7, 11) is 0. The van der Waals surface area contributed by atoms with Gasteiger partial charge in [0.15, 0.2) is 0 Å². The van der Waals surface area contributed by atoms with Crippen LogP contribution in [0.3, 0.4) is 0 Å². The van der Waals surface area contributed by atoms with Gasteiger partial charge in [-0.1, -0.05) is 12.1 Å². The highest BCUT2D eigenvalue weighted by atomic mass is 15.3. The molecule has 0 saturated carbocycles. The zero-order valence-corrected chi connectivity index (χ0v) is 11.4. The van der Waals surface area contributed by atoms with E-state index in [1.807, 2.05) is 47.7 Å². The van der Waals surface area contributed by atoms with E-state index in [2.05, 4.69) is 25.5 Å². The summed E-state index contributed by atoms with van der Waals surface area (Å²) >= 11 is 0. The maximum absolute atomic E-state index is 4.58. The van der Waals surface area contributed by atoms with E-state index in [1.54, 1.807) is 12.4 Å². The average molecular weight is 276 g/mol. The monoisotopic (exact) mass is 276 g/mol. The van der Waals surface area contributed by atoms with Crippen LogP contribution in [0.25, 0.3) is 16.7 Å². The number of anilines is 2. The van der Waals surface area contributed by atoms with Crippen LogP contribution < -0.4 is 5.32 Å². The molecule has 102 valence electrons. The minimum Gasteiger partial charge on any atom is -0.339 e. The molecule has 1 N–H and O–H groups in total. The lowest BCUT2D eigenvalue weighted by Gasteiger charge is -2.10. The van der Waals surface area contributed by atoms with E-state index in [0.717, 1.165) is 28.2 Å². The molecule has 4 aromatic rings. The summed E-state index contributed by atoms with van der Waals surface area (Å²) in [4.78, 5) is 8.59. The number of aromatic nitrogens is 5. The summed E-state index contributed by atoms with van der Waals surface area (Å²) in [6, 6.07) is 11.9. The van der Waals surface area contributed by atoms with E-state index < -0.39 is 0 Å². The molecular weight excluding hydrogens is 264 g/mol. The maximum atomic E-state index is 4.58. The largest absolute Gasteiger partial charge is 0.339 e. The number of fused-ring (bicyclic) bond motifs is 3. The fourth-order valence-electron chi connectivity index (χ4n) is 2.40. The topological polar surface area (TPSA) is 68.0 Å². The van der Waals surface area contributed by atoms with Crippen molar-refractivity contribution < 1.29 is 0 Å². The number of hydrogen-bond acceptors (Lipinski definition) is 5. The van der Waals surface area contributed by atoms with Gasteiger partial charge in [-0.25, -0.2) is 0 Å². The van der Waals surface area contributed by atoms with Gasteiger partial charge in [-0.15, -0.1) is 10.2 Å². The first kappa shape index (κ1) is 11.8. The van der Waals surface area contributed by atoms with Crippen molar-refractivity contribution in [2.24, 2.45) is 0 Å². The van der Waals surface area contributed by atoms with Crippen LogP contribution in [-0.2, 0) is 0 Å². The molecule has 6 heteroatoms. The Balaban J connectivity index is 1.99. The number of rotatable bonds is 2. The van der Waals surface area contributed by atoms with Crippen LogP contribution in [0.5, 0.6) is 0 Å². The van der Waals surface area contributed by atoms with E-state index in [0.29, 0.717) is 5.78 Å². The molecule has 6 nitrogen and oxygen atoms in total. The minimum absolute atomic E-state index is 0.586. The summed E-state index contributed by atoms with van der Waals surface area (Å²) in [5.74, 6) is 2.17. The highest BCUT2D eigenvalue weighted by Gasteiger charge is 2.11. The van der Waals surface area contributed by atoms with Gasteiger partial charge < -0.3 is 5.32 Å². The van der Waals surface area contributed by atoms with E-state index in [1.165, 1.54) is 0 Å². The average Bonchev–Trinajstić information content (AvgIpc) is 2.90. The van der Waals surface area contributed by atoms with Gasteiger partial charge in [0.25, 0.3) is 5.78 Å². The Labute approximate surface area is 120 Å². The molecular formula is C15H12N6. The van der Waals surface area contributed by atoms with Gasteiger partial charge in [0.1, 0.15) is 11.6 Å². The zero-order chi connectivity index (χ0) is 14.2. The SMILES string of the molecule is Cc1nnc2nc(Nc3ccncc3)c3ccccc3n12. The Kier molecular flexibility index (Phi) is 2.53. The second-order valence-corrected chi connectivity index (χ2v) is 4.72. The van der Waals surface area contributed by atoms with Crippen molar-refractivity contribution in [2.45, 2.75) is 6.92 Å². The first-order chi connectivity index (χ1) is 10.3. The van der Waals surface area contributed by atoms with Crippen molar-refractivity contribution in [2.75, 3.05) is 5.32 Å². The molecule has 0 fully saturated rings. The van der Waals surface area contributed by atoms with Crippen molar-refractivity contribution in [1.29, 1.82) is 0 Å². The van der Waals surface area contributed by atoms with Crippen molar-refractivity contribution in [3.8, 4) is 0 Å². The molecule has 0 aliphatic carbocycles. The number of nitrogens with one attached hydrogen (secondary N) is 1. The standard InChI is InChI=1S/C15H12N6/c1-10-19-20-15-18-14(17-11-6-8-16-9-7-11)12-4-2-3-5-13(12)21(10)15/h2-9H,1H3,(H,16,17,18,20). The number of aryl methyl sites for hydroxylation is 1. The molecule has 3 aromatic heterocycles. The van der Waals surface area contributed by atoms with Crippen LogP contribution in [-0.4, -0.2) is 24.6 Å². The fraction of sp³-hybridized carbons (Fsp3) is 0.0667. The second kappa shape index (κ2) is 4.52. The van der Waals surface area contributed by atoms with Gasteiger partial charge in [-0.05, 0) is 31.2 Å². The minimum atomic E-state index is 0.586. The van der Waals surface area contributed by atoms with Crippen LogP contribution in [0.4, 0.5) is 11.5 Å². The van der Waals surface area contributed by atoms with E-state index in [-0.39, 0.29) is 0 Å². The van der Waals surface area contributed by atoms with Crippen LogP contribution in [0, 0.1) is 6.92 Å². The summed E-state index contributed by atoms with van der Waals surface area (Å²) in [5.41, 5.74) is 1.96. The van der Waals surface area contributed by atoms with Gasteiger partial charge in [-0.2, -0.15) is 4.98 Å². The van der Waals surface area contributed by atoms with Gasteiger partial charge in [0.2, 0.25) is 0 Å². The van der Waals surface area contributed by atoms with Gasteiger partial charge in [-0.3, -0.25) is 9.38 Å². The molecule has 0 saturated heterocycles. The molecule has 0 atom stereocenters. The van der Waals surface area contributed by atoms with E-state index in [9.17, 15) is 0 Å². The third-order valence-corrected chi connectivity index (χ3v) is 3.36. The van der Waals surface area contributed by atoms with Gasteiger partial charge in [0.05, 0.1) is 5.52 Å². The Morgan fingerprint density at radius 1 is 1.00 bits per heavy atom. The van der Waals surface area contributed by atoms with Crippen molar-refractivity contribution >= 4 is 28.2 Å². The third-order valence-electron chi connectivity index (χ3n) is 3.36. The Hall–Kier alpha value is -3.02. The molecule has 0 radical (unpaired) electrons. The molecule has 4 rings (SSSR count). The molecule has 0 aliphatic heterocycles. The molecule has 0 spiro atoms. The Bertz CT molecular complexity index is 929.